The third kappa shape index (κ3) is 2.22. The Bertz CT molecular complexity index is 341. The van der Waals surface area contributed by atoms with Gasteiger partial charge in [-0.15, -0.1) is 0 Å². The molecule has 1 aromatic rings. The van der Waals surface area contributed by atoms with Gasteiger partial charge in [0.2, 0.25) is 0 Å². The number of nitrogens with zero attached hydrogens (tertiary/aromatic N) is 2. The third-order valence-corrected chi connectivity index (χ3v) is 1.87. The first kappa shape index (κ1) is 10.1. The molecule has 3 nitrogen and oxygen atoms in total. The zero-order valence-corrected chi connectivity index (χ0v) is 8.59. The lowest BCUT2D eigenvalue weighted by Gasteiger charge is -2.10. The number of halogens is 1. The fourth-order valence-corrected chi connectivity index (χ4v) is 1.20. The molecular weight excluding hydrogens is 186 g/mol. The van der Waals surface area contributed by atoms with Gasteiger partial charge in [0.15, 0.2) is 0 Å². The van der Waals surface area contributed by atoms with Crippen molar-refractivity contribution in [2.45, 2.75) is 0 Å². The largest absolute Gasteiger partial charge is 0.343 e. The highest BCUT2D eigenvalue weighted by Crippen LogP contribution is 2.11. The summed E-state index contributed by atoms with van der Waals surface area (Å²) in [6.45, 7) is 0. The minimum atomic E-state index is -0.176. The highest BCUT2D eigenvalue weighted by atomic mass is 35.5. The first-order valence-corrected chi connectivity index (χ1v) is 4.24. The number of aromatic nitrogens is 1. The van der Waals surface area contributed by atoms with Gasteiger partial charge in [-0.25, -0.2) is 0 Å². The molecule has 1 rings (SSSR count). The van der Waals surface area contributed by atoms with Crippen molar-refractivity contribution in [1.82, 2.24) is 9.88 Å². The SMILES string of the molecule is Bc1cnc(C(=O)N(C)C)c(Cl)c1. The van der Waals surface area contributed by atoms with E-state index in [-0.39, 0.29) is 5.91 Å². The maximum Gasteiger partial charge on any atom is 0.273 e. The fourth-order valence-electron chi connectivity index (χ4n) is 0.903. The van der Waals surface area contributed by atoms with E-state index in [0.29, 0.717) is 10.7 Å². The van der Waals surface area contributed by atoms with Gasteiger partial charge < -0.3 is 4.90 Å². The van der Waals surface area contributed by atoms with Gasteiger partial charge in [-0.3, -0.25) is 9.78 Å². The Morgan fingerprint density at radius 2 is 2.23 bits per heavy atom. The van der Waals surface area contributed by atoms with E-state index in [1.54, 1.807) is 26.4 Å². The van der Waals surface area contributed by atoms with Crippen LogP contribution >= 0.6 is 11.6 Å². The van der Waals surface area contributed by atoms with Crippen LogP contribution in [0.3, 0.4) is 0 Å². The van der Waals surface area contributed by atoms with E-state index in [1.807, 2.05) is 7.85 Å². The van der Waals surface area contributed by atoms with Crippen molar-refractivity contribution in [3.05, 3.63) is 23.0 Å². The standard InChI is InChI=1S/C8H10BClN2O/c1-12(2)8(13)7-6(10)3-5(9)4-11-7/h3-4H,9H2,1-2H3. The molecule has 0 unspecified atom stereocenters. The Morgan fingerprint density at radius 3 is 2.69 bits per heavy atom. The van der Waals surface area contributed by atoms with Crippen LogP contribution in [0.5, 0.6) is 0 Å². The van der Waals surface area contributed by atoms with E-state index in [0.717, 1.165) is 5.46 Å². The van der Waals surface area contributed by atoms with Crippen LogP contribution < -0.4 is 5.46 Å². The predicted molar refractivity (Wildman–Crippen MR) is 55.4 cm³/mol. The maximum absolute atomic E-state index is 11.5. The number of carbonyl (C=O) groups is 1. The Morgan fingerprint density at radius 1 is 1.62 bits per heavy atom. The second-order valence-corrected chi connectivity index (χ2v) is 3.45. The summed E-state index contributed by atoms with van der Waals surface area (Å²) >= 11 is 5.86. The Hall–Kier alpha value is -1.03. The number of hydrogen-bond acceptors (Lipinski definition) is 2. The van der Waals surface area contributed by atoms with Gasteiger partial charge in [-0.05, 0) is 6.07 Å². The first-order valence-electron chi connectivity index (χ1n) is 3.86. The smallest absolute Gasteiger partial charge is 0.273 e. The van der Waals surface area contributed by atoms with Crippen molar-refractivity contribution < 1.29 is 4.79 Å². The molecule has 0 aliphatic heterocycles. The van der Waals surface area contributed by atoms with Crippen molar-refractivity contribution in [3.63, 3.8) is 0 Å². The van der Waals surface area contributed by atoms with Crippen LogP contribution in [-0.4, -0.2) is 37.7 Å². The summed E-state index contributed by atoms with van der Waals surface area (Å²) in [4.78, 5) is 16.9. The fraction of sp³-hybridized carbons (Fsp3) is 0.250. The second-order valence-electron chi connectivity index (χ2n) is 3.04. The molecular formula is C8H10BClN2O. The minimum Gasteiger partial charge on any atom is -0.343 e. The van der Waals surface area contributed by atoms with E-state index in [1.165, 1.54) is 4.90 Å². The number of carbonyl (C=O) groups excluding carboxylic acids is 1. The summed E-state index contributed by atoms with van der Waals surface area (Å²) < 4.78 is 0. The lowest BCUT2D eigenvalue weighted by Crippen LogP contribution is -2.24. The lowest BCUT2D eigenvalue weighted by atomic mass is 9.98. The van der Waals surface area contributed by atoms with Crippen molar-refractivity contribution in [2.75, 3.05) is 14.1 Å². The Balaban J connectivity index is 3.09. The number of hydrogen-bond donors (Lipinski definition) is 0. The van der Waals surface area contributed by atoms with E-state index in [4.69, 9.17) is 11.6 Å². The van der Waals surface area contributed by atoms with E-state index in [9.17, 15) is 4.79 Å². The normalized spacial score (nSPS) is 9.77. The number of rotatable bonds is 1. The zero-order valence-electron chi connectivity index (χ0n) is 7.84. The van der Waals surface area contributed by atoms with Crippen LogP contribution in [0.15, 0.2) is 12.3 Å². The highest BCUT2D eigenvalue weighted by molar-refractivity contribution is 6.37. The topological polar surface area (TPSA) is 33.2 Å². The van der Waals surface area contributed by atoms with Gasteiger partial charge in [0.1, 0.15) is 13.5 Å². The van der Waals surface area contributed by atoms with Crippen LogP contribution in [0.4, 0.5) is 0 Å². The molecule has 1 heterocycles. The molecule has 5 heteroatoms. The zero-order chi connectivity index (χ0) is 10.0. The van der Waals surface area contributed by atoms with Crippen LogP contribution in [0.1, 0.15) is 10.5 Å². The molecule has 0 fully saturated rings. The quantitative estimate of drug-likeness (QED) is 0.578. The summed E-state index contributed by atoms with van der Waals surface area (Å²) in [5.41, 5.74) is 1.25. The highest BCUT2D eigenvalue weighted by Gasteiger charge is 2.13. The Kier molecular flexibility index (Phi) is 2.93. The van der Waals surface area contributed by atoms with Crippen molar-refractivity contribution >= 4 is 30.8 Å². The summed E-state index contributed by atoms with van der Waals surface area (Å²) in [7, 11) is 5.21. The molecule has 0 bridgehead atoms. The molecule has 0 saturated carbocycles. The van der Waals surface area contributed by atoms with Crippen LogP contribution in [-0.2, 0) is 0 Å². The molecule has 0 aliphatic carbocycles. The molecule has 68 valence electrons. The summed E-state index contributed by atoms with van der Waals surface area (Å²) in [5, 5.41) is 0.402. The van der Waals surface area contributed by atoms with Crippen LogP contribution in [0, 0.1) is 0 Å². The predicted octanol–water partition coefficient (Wildman–Crippen LogP) is -0.305. The van der Waals surface area contributed by atoms with Gasteiger partial charge in [0, 0.05) is 20.3 Å². The average Bonchev–Trinajstić information content (AvgIpc) is 2.03. The molecule has 0 radical (unpaired) electrons. The lowest BCUT2D eigenvalue weighted by molar-refractivity contribution is 0.0822. The average molecular weight is 196 g/mol. The number of pyridine rings is 1. The van der Waals surface area contributed by atoms with E-state index < -0.39 is 0 Å². The van der Waals surface area contributed by atoms with Gasteiger partial charge in [0.05, 0.1) is 5.02 Å². The molecule has 0 aromatic carbocycles. The van der Waals surface area contributed by atoms with E-state index in [2.05, 4.69) is 4.98 Å². The first-order chi connectivity index (χ1) is 6.02. The van der Waals surface area contributed by atoms with Gasteiger partial charge in [-0.2, -0.15) is 0 Å². The molecule has 0 saturated heterocycles. The van der Waals surface area contributed by atoms with Crippen LogP contribution in [0.2, 0.25) is 5.02 Å². The minimum absolute atomic E-state index is 0.176. The monoisotopic (exact) mass is 196 g/mol. The summed E-state index contributed by atoms with van der Waals surface area (Å²) in [6, 6.07) is 1.73. The molecule has 0 N–H and O–H groups in total. The van der Waals surface area contributed by atoms with Crippen molar-refractivity contribution in [3.8, 4) is 0 Å². The third-order valence-electron chi connectivity index (χ3n) is 1.59. The van der Waals surface area contributed by atoms with Gasteiger partial charge in [0.25, 0.3) is 5.91 Å². The van der Waals surface area contributed by atoms with E-state index >= 15 is 0 Å². The molecule has 1 amide bonds. The van der Waals surface area contributed by atoms with Gasteiger partial charge >= 0.3 is 0 Å². The Labute approximate surface area is 83.1 Å². The molecule has 1 aromatic heterocycles. The molecule has 0 atom stereocenters. The molecule has 13 heavy (non-hydrogen) atoms. The van der Waals surface area contributed by atoms with Crippen molar-refractivity contribution in [1.29, 1.82) is 0 Å². The van der Waals surface area contributed by atoms with Crippen LogP contribution in [0.25, 0.3) is 0 Å². The van der Waals surface area contributed by atoms with Crippen molar-refractivity contribution in [2.24, 2.45) is 0 Å². The summed E-state index contributed by atoms with van der Waals surface area (Å²) in [6.07, 6.45) is 1.63. The second kappa shape index (κ2) is 3.79. The maximum atomic E-state index is 11.5. The number of amides is 1. The summed E-state index contributed by atoms with van der Waals surface area (Å²) in [5.74, 6) is -0.176. The molecule has 0 aliphatic rings. The van der Waals surface area contributed by atoms with Gasteiger partial charge in [-0.1, -0.05) is 17.1 Å². The molecule has 0 spiro atoms.